The highest BCUT2D eigenvalue weighted by atomic mass is 79.9. The van der Waals surface area contributed by atoms with Crippen LogP contribution in [0.2, 0.25) is 0 Å². The molecule has 114 valence electrons. The molecule has 0 unspecified atom stereocenters. The van der Waals surface area contributed by atoms with Gasteiger partial charge in [-0.25, -0.2) is 0 Å². The van der Waals surface area contributed by atoms with E-state index < -0.39 is 0 Å². The Morgan fingerprint density at radius 1 is 1.05 bits per heavy atom. The molecule has 0 radical (unpaired) electrons. The predicted molar refractivity (Wildman–Crippen MR) is 92.3 cm³/mol. The van der Waals surface area contributed by atoms with Crippen LogP contribution in [0.25, 0.3) is 11.1 Å². The van der Waals surface area contributed by atoms with Gasteiger partial charge >= 0.3 is 0 Å². The quantitative estimate of drug-likeness (QED) is 0.798. The zero-order chi connectivity index (χ0) is 15.5. The Morgan fingerprint density at radius 3 is 2.41 bits per heavy atom. The SMILES string of the molecule is COc1ccc(-c2ccc(N3CCCCC3=O)c(Br)c2)cc1. The Morgan fingerprint density at radius 2 is 1.77 bits per heavy atom. The lowest BCUT2D eigenvalue weighted by Crippen LogP contribution is -2.35. The van der Waals surface area contributed by atoms with E-state index in [2.05, 4.69) is 28.1 Å². The summed E-state index contributed by atoms with van der Waals surface area (Å²) in [5.74, 6) is 1.06. The normalized spacial score (nSPS) is 15.0. The van der Waals surface area contributed by atoms with Gasteiger partial charge in [0.15, 0.2) is 0 Å². The molecule has 1 saturated heterocycles. The molecule has 0 atom stereocenters. The molecule has 2 aromatic carbocycles. The molecule has 0 spiro atoms. The molecule has 3 rings (SSSR count). The molecule has 0 saturated carbocycles. The number of halogens is 1. The minimum Gasteiger partial charge on any atom is -0.497 e. The van der Waals surface area contributed by atoms with Crippen LogP contribution < -0.4 is 9.64 Å². The fourth-order valence-corrected chi connectivity index (χ4v) is 3.34. The second-order valence-corrected chi connectivity index (χ2v) is 6.25. The van der Waals surface area contributed by atoms with Crippen LogP contribution in [0, 0.1) is 0 Å². The van der Waals surface area contributed by atoms with Gasteiger partial charge in [0.25, 0.3) is 0 Å². The van der Waals surface area contributed by atoms with E-state index in [0.717, 1.165) is 46.4 Å². The molecule has 1 aliphatic rings. The number of nitrogens with zero attached hydrogens (tertiary/aromatic N) is 1. The van der Waals surface area contributed by atoms with Crippen LogP contribution in [0.5, 0.6) is 5.75 Å². The number of hydrogen-bond acceptors (Lipinski definition) is 2. The molecule has 0 bridgehead atoms. The summed E-state index contributed by atoms with van der Waals surface area (Å²) >= 11 is 3.62. The van der Waals surface area contributed by atoms with Gasteiger partial charge in [0.2, 0.25) is 5.91 Å². The second kappa shape index (κ2) is 6.53. The first-order valence-corrected chi connectivity index (χ1v) is 8.22. The number of amides is 1. The van der Waals surface area contributed by atoms with Gasteiger partial charge in [-0.1, -0.05) is 18.2 Å². The third-order valence-corrected chi connectivity index (χ3v) is 4.62. The number of carbonyl (C=O) groups excluding carboxylic acids is 1. The highest BCUT2D eigenvalue weighted by Crippen LogP contribution is 2.33. The van der Waals surface area contributed by atoms with Crippen molar-refractivity contribution < 1.29 is 9.53 Å². The van der Waals surface area contributed by atoms with Crippen molar-refractivity contribution in [2.24, 2.45) is 0 Å². The van der Waals surface area contributed by atoms with Crippen LogP contribution in [-0.4, -0.2) is 19.6 Å². The van der Waals surface area contributed by atoms with Crippen molar-refractivity contribution in [2.75, 3.05) is 18.6 Å². The van der Waals surface area contributed by atoms with E-state index in [1.807, 2.05) is 35.2 Å². The van der Waals surface area contributed by atoms with Crippen LogP contribution in [0.1, 0.15) is 19.3 Å². The maximum Gasteiger partial charge on any atom is 0.227 e. The van der Waals surface area contributed by atoms with E-state index in [0.29, 0.717) is 6.42 Å². The molecule has 4 heteroatoms. The van der Waals surface area contributed by atoms with E-state index in [1.54, 1.807) is 7.11 Å². The third kappa shape index (κ3) is 3.02. The van der Waals surface area contributed by atoms with Crippen LogP contribution in [0.15, 0.2) is 46.9 Å². The van der Waals surface area contributed by atoms with Crippen molar-refractivity contribution in [3.8, 4) is 16.9 Å². The summed E-state index contributed by atoms with van der Waals surface area (Å²) in [6.45, 7) is 0.805. The molecule has 1 fully saturated rings. The van der Waals surface area contributed by atoms with E-state index >= 15 is 0 Å². The van der Waals surface area contributed by atoms with Crippen LogP contribution in [0.3, 0.4) is 0 Å². The van der Waals surface area contributed by atoms with Crippen molar-refractivity contribution in [3.63, 3.8) is 0 Å². The fraction of sp³-hybridized carbons (Fsp3) is 0.278. The molecule has 0 aromatic heterocycles. The highest BCUT2D eigenvalue weighted by molar-refractivity contribution is 9.10. The van der Waals surface area contributed by atoms with Crippen molar-refractivity contribution >= 4 is 27.5 Å². The summed E-state index contributed by atoms with van der Waals surface area (Å²) in [5, 5.41) is 0. The van der Waals surface area contributed by atoms with Gasteiger partial charge in [0.1, 0.15) is 5.75 Å². The molecular formula is C18H18BrNO2. The Balaban J connectivity index is 1.89. The average molecular weight is 360 g/mol. The molecule has 2 aromatic rings. The summed E-state index contributed by atoms with van der Waals surface area (Å²) < 4.78 is 6.14. The van der Waals surface area contributed by atoms with Gasteiger partial charge in [0, 0.05) is 17.4 Å². The maximum atomic E-state index is 12.1. The Labute approximate surface area is 139 Å². The summed E-state index contributed by atoms with van der Waals surface area (Å²) in [6, 6.07) is 14.1. The Bertz CT molecular complexity index is 682. The number of rotatable bonds is 3. The zero-order valence-electron chi connectivity index (χ0n) is 12.5. The Hall–Kier alpha value is -1.81. The minimum absolute atomic E-state index is 0.212. The third-order valence-electron chi connectivity index (χ3n) is 3.99. The predicted octanol–water partition coefficient (Wildman–Crippen LogP) is 4.64. The van der Waals surface area contributed by atoms with Crippen molar-refractivity contribution in [1.29, 1.82) is 0 Å². The highest BCUT2D eigenvalue weighted by Gasteiger charge is 2.21. The molecule has 1 amide bonds. The largest absolute Gasteiger partial charge is 0.497 e. The molecule has 1 aliphatic heterocycles. The lowest BCUT2D eigenvalue weighted by molar-refractivity contribution is -0.119. The first-order chi connectivity index (χ1) is 10.7. The molecule has 22 heavy (non-hydrogen) atoms. The first-order valence-electron chi connectivity index (χ1n) is 7.43. The van der Waals surface area contributed by atoms with Crippen molar-refractivity contribution in [2.45, 2.75) is 19.3 Å². The lowest BCUT2D eigenvalue weighted by atomic mass is 10.0. The summed E-state index contributed by atoms with van der Waals surface area (Å²) in [7, 11) is 1.66. The first kappa shape index (κ1) is 15.1. The number of carbonyl (C=O) groups is 1. The molecular weight excluding hydrogens is 342 g/mol. The van der Waals surface area contributed by atoms with E-state index in [1.165, 1.54) is 0 Å². The molecule has 0 aliphatic carbocycles. The molecule has 0 N–H and O–H groups in total. The average Bonchev–Trinajstić information content (AvgIpc) is 2.56. The molecule has 3 nitrogen and oxygen atoms in total. The van der Waals surface area contributed by atoms with Gasteiger partial charge in [0.05, 0.1) is 12.8 Å². The van der Waals surface area contributed by atoms with Gasteiger partial charge < -0.3 is 9.64 Å². The minimum atomic E-state index is 0.212. The maximum absolute atomic E-state index is 12.1. The summed E-state index contributed by atoms with van der Waals surface area (Å²) in [4.78, 5) is 13.9. The monoisotopic (exact) mass is 359 g/mol. The number of anilines is 1. The lowest BCUT2D eigenvalue weighted by Gasteiger charge is -2.28. The number of piperidine rings is 1. The number of hydrogen-bond donors (Lipinski definition) is 0. The van der Waals surface area contributed by atoms with Crippen LogP contribution in [-0.2, 0) is 4.79 Å². The second-order valence-electron chi connectivity index (χ2n) is 5.40. The number of benzene rings is 2. The van der Waals surface area contributed by atoms with Gasteiger partial charge in [-0.15, -0.1) is 0 Å². The zero-order valence-corrected chi connectivity index (χ0v) is 14.1. The van der Waals surface area contributed by atoms with E-state index in [9.17, 15) is 4.79 Å². The van der Waals surface area contributed by atoms with Crippen LogP contribution >= 0.6 is 15.9 Å². The Kier molecular flexibility index (Phi) is 4.48. The van der Waals surface area contributed by atoms with Crippen molar-refractivity contribution in [3.05, 3.63) is 46.9 Å². The standard InChI is InChI=1S/C18H18BrNO2/c1-22-15-8-5-13(6-9-15)14-7-10-17(16(19)12-14)20-11-3-2-4-18(20)21/h5-10,12H,2-4,11H2,1H3. The van der Waals surface area contributed by atoms with E-state index in [-0.39, 0.29) is 5.91 Å². The fourth-order valence-electron chi connectivity index (χ4n) is 2.75. The van der Waals surface area contributed by atoms with Gasteiger partial charge in [-0.3, -0.25) is 4.79 Å². The van der Waals surface area contributed by atoms with Gasteiger partial charge in [-0.2, -0.15) is 0 Å². The smallest absolute Gasteiger partial charge is 0.227 e. The summed E-state index contributed by atoms with van der Waals surface area (Å²) in [6.07, 6.45) is 2.71. The number of ether oxygens (including phenoxy) is 1. The van der Waals surface area contributed by atoms with E-state index in [4.69, 9.17) is 4.74 Å². The summed E-state index contributed by atoms with van der Waals surface area (Å²) in [5.41, 5.74) is 3.20. The van der Waals surface area contributed by atoms with Gasteiger partial charge in [-0.05, 0) is 64.2 Å². The number of methoxy groups -OCH3 is 1. The molecule has 1 heterocycles. The topological polar surface area (TPSA) is 29.5 Å². The van der Waals surface area contributed by atoms with Crippen molar-refractivity contribution in [1.82, 2.24) is 0 Å². The van der Waals surface area contributed by atoms with Crippen LogP contribution in [0.4, 0.5) is 5.69 Å².